The van der Waals surface area contributed by atoms with E-state index in [9.17, 15) is 0 Å². The van der Waals surface area contributed by atoms with Crippen molar-refractivity contribution in [3.63, 3.8) is 0 Å². The molecule has 1 fully saturated rings. The van der Waals surface area contributed by atoms with Gasteiger partial charge in [0.1, 0.15) is 0 Å². The average Bonchev–Trinajstić information content (AvgIpc) is 2.83. The predicted molar refractivity (Wildman–Crippen MR) is 55.4 cm³/mol. The lowest BCUT2D eigenvalue weighted by atomic mass is 10.1. The quantitative estimate of drug-likeness (QED) is 0.672. The van der Waals surface area contributed by atoms with Crippen molar-refractivity contribution in [1.29, 1.82) is 0 Å². The van der Waals surface area contributed by atoms with E-state index in [2.05, 4.69) is 53.2 Å². The second-order valence-corrected chi connectivity index (χ2v) is 4.68. The molecule has 0 saturated heterocycles. The number of hydrogen-bond donors (Lipinski definition) is 0. The molecule has 0 bridgehead atoms. The molecular formula is C11H13Br. The zero-order valence-corrected chi connectivity index (χ0v) is 8.79. The summed E-state index contributed by atoms with van der Waals surface area (Å²) in [5.41, 5.74) is 1.42. The summed E-state index contributed by atoms with van der Waals surface area (Å²) in [4.78, 5) is 0.578. The summed E-state index contributed by atoms with van der Waals surface area (Å²) in [6.07, 6.45) is 1.38. The normalized spacial score (nSPS) is 29.8. The van der Waals surface area contributed by atoms with Crippen LogP contribution < -0.4 is 0 Å². The van der Waals surface area contributed by atoms with E-state index in [1.54, 1.807) is 0 Å². The third-order valence-corrected chi connectivity index (χ3v) is 3.87. The highest BCUT2D eigenvalue weighted by Crippen LogP contribution is 2.50. The van der Waals surface area contributed by atoms with E-state index >= 15 is 0 Å². The molecule has 64 valence electrons. The maximum absolute atomic E-state index is 3.75. The van der Waals surface area contributed by atoms with Crippen LogP contribution in [0.5, 0.6) is 0 Å². The second-order valence-electron chi connectivity index (χ2n) is 3.69. The minimum absolute atomic E-state index is 0.578. The fourth-order valence-corrected chi connectivity index (χ4v) is 2.68. The maximum atomic E-state index is 3.75. The van der Waals surface area contributed by atoms with Crippen LogP contribution in [0.1, 0.15) is 23.7 Å². The van der Waals surface area contributed by atoms with Crippen LogP contribution in [0.2, 0.25) is 0 Å². The van der Waals surface area contributed by atoms with Gasteiger partial charge in [-0.1, -0.05) is 53.2 Å². The highest BCUT2D eigenvalue weighted by atomic mass is 79.9. The molecule has 1 aromatic carbocycles. The van der Waals surface area contributed by atoms with Crippen molar-refractivity contribution in [3.05, 3.63) is 35.9 Å². The van der Waals surface area contributed by atoms with E-state index in [1.165, 1.54) is 12.0 Å². The van der Waals surface area contributed by atoms with Gasteiger partial charge in [-0.15, -0.1) is 0 Å². The minimum Gasteiger partial charge on any atom is -0.0836 e. The molecule has 0 heterocycles. The number of halogens is 1. The number of alkyl halides is 1. The van der Waals surface area contributed by atoms with E-state index in [4.69, 9.17) is 0 Å². The molecule has 3 unspecified atom stereocenters. The molecule has 0 amide bonds. The van der Waals surface area contributed by atoms with Crippen molar-refractivity contribution in [2.45, 2.75) is 18.2 Å². The highest BCUT2D eigenvalue weighted by Gasteiger charge is 2.38. The Morgan fingerprint density at radius 3 is 2.42 bits per heavy atom. The van der Waals surface area contributed by atoms with Crippen LogP contribution in [0.15, 0.2) is 30.3 Å². The summed E-state index contributed by atoms with van der Waals surface area (Å²) in [6.45, 7) is 2.32. The van der Waals surface area contributed by atoms with E-state index in [0.29, 0.717) is 4.83 Å². The van der Waals surface area contributed by atoms with Gasteiger partial charge in [0.2, 0.25) is 0 Å². The van der Waals surface area contributed by atoms with Gasteiger partial charge in [-0.05, 0) is 23.8 Å². The summed E-state index contributed by atoms with van der Waals surface area (Å²) in [6, 6.07) is 10.7. The van der Waals surface area contributed by atoms with Gasteiger partial charge in [-0.25, -0.2) is 0 Å². The van der Waals surface area contributed by atoms with Crippen LogP contribution in [-0.4, -0.2) is 0 Å². The monoisotopic (exact) mass is 224 g/mol. The fourth-order valence-electron chi connectivity index (χ4n) is 1.64. The standard InChI is InChI=1S/C11H13Br/c1-8-7-10(8)11(12)9-5-3-2-4-6-9/h2-6,8,10-11H,7H2,1H3. The van der Waals surface area contributed by atoms with Crippen LogP contribution in [0.3, 0.4) is 0 Å². The molecule has 0 spiro atoms. The van der Waals surface area contributed by atoms with E-state index in [1.807, 2.05) is 0 Å². The Bertz CT molecular complexity index is 255. The number of benzene rings is 1. The molecule has 12 heavy (non-hydrogen) atoms. The molecule has 0 nitrogen and oxygen atoms in total. The zero-order valence-electron chi connectivity index (χ0n) is 7.20. The van der Waals surface area contributed by atoms with Crippen molar-refractivity contribution in [2.24, 2.45) is 11.8 Å². The maximum Gasteiger partial charge on any atom is 0.0426 e. The summed E-state index contributed by atoms with van der Waals surface area (Å²) < 4.78 is 0. The molecule has 1 aromatic rings. The van der Waals surface area contributed by atoms with E-state index in [0.717, 1.165) is 11.8 Å². The lowest BCUT2D eigenvalue weighted by Crippen LogP contribution is -1.92. The van der Waals surface area contributed by atoms with Crippen molar-refractivity contribution >= 4 is 15.9 Å². The number of rotatable bonds is 2. The van der Waals surface area contributed by atoms with Gasteiger partial charge in [0, 0.05) is 4.83 Å². The van der Waals surface area contributed by atoms with Gasteiger partial charge in [0.05, 0.1) is 0 Å². The molecule has 1 heteroatoms. The van der Waals surface area contributed by atoms with Crippen LogP contribution >= 0.6 is 15.9 Å². The van der Waals surface area contributed by atoms with Crippen LogP contribution in [-0.2, 0) is 0 Å². The molecular weight excluding hydrogens is 212 g/mol. The lowest BCUT2D eigenvalue weighted by molar-refractivity contribution is 0.740. The summed E-state index contributed by atoms with van der Waals surface area (Å²) >= 11 is 3.75. The second kappa shape index (κ2) is 3.21. The largest absolute Gasteiger partial charge is 0.0836 e. The third-order valence-electron chi connectivity index (χ3n) is 2.67. The van der Waals surface area contributed by atoms with Crippen LogP contribution in [0, 0.1) is 11.8 Å². The first-order chi connectivity index (χ1) is 5.79. The first kappa shape index (κ1) is 8.31. The Hall–Kier alpha value is -0.300. The van der Waals surface area contributed by atoms with Crippen molar-refractivity contribution in [1.82, 2.24) is 0 Å². The SMILES string of the molecule is CC1CC1C(Br)c1ccccc1. The molecule has 0 radical (unpaired) electrons. The molecule has 0 aliphatic heterocycles. The Morgan fingerprint density at radius 1 is 1.33 bits per heavy atom. The smallest absolute Gasteiger partial charge is 0.0426 e. The zero-order chi connectivity index (χ0) is 8.55. The van der Waals surface area contributed by atoms with Gasteiger partial charge in [0.15, 0.2) is 0 Å². The first-order valence-corrected chi connectivity index (χ1v) is 5.39. The van der Waals surface area contributed by atoms with Gasteiger partial charge in [-0.2, -0.15) is 0 Å². The molecule has 1 saturated carbocycles. The summed E-state index contributed by atoms with van der Waals surface area (Å²) in [7, 11) is 0. The molecule has 3 atom stereocenters. The minimum atomic E-state index is 0.578. The molecule has 2 rings (SSSR count). The van der Waals surface area contributed by atoms with E-state index < -0.39 is 0 Å². The lowest BCUT2D eigenvalue weighted by Gasteiger charge is -2.07. The molecule has 0 N–H and O–H groups in total. The summed E-state index contributed by atoms with van der Waals surface area (Å²) in [5, 5.41) is 0. The van der Waals surface area contributed by atoms with Gasteiger partial charge in [-0.3, -0.25) is 0 Å². The van der Waals surface area contributed by atoms with Gasteiger partial charge >= 0.3 is 0 Å². The highest BCUT2D eigenvalue weighted by molar-refractivity contribution is 9.09. The predicted octanol–water partition coefficient (Wildman–Crippen LogP) is 3.78. The third kappa shape index (κ3) is 1.56. The first-order valence-electron chi connectivity index (χ1n) is 4.48. The van der Waals surface area contributed by atoms with E-state index in [-0.39, 0.29) is 0 Å². The van der Waals surface area contributed by atoms with Gasteiger partial charge in [0.25, 0.3) is 0 Å². The Kier molecular flexibility index (Phi) is 2.22. The summed E-state index contributed by atoms with van der Waals surface area (Å²) in [5.74, 6) is 1.78. The molecule has 1 aliphatic carbocycles. The van der Waals surface area contributed by atoms with Crippen molar-refractivity contribution < 1.29 is 0 Å². The average molecular weight is 225 g/mol. The van der Waals surface area contributed by atoms with Crippen molar-refractivity contribution in [3.8, 4) is 0 Å². The Balaban J connectivity index is 2.10. The fraction of sp³-hybridized carbons (Fsp3) is 0.455. The molecule has 0 aromatic heterocycles. The van der Waals surface area contributed by atoms with Crippen LogP contribution in [0.4, 0.5) is 0 Å². The van der Waals surface area contributed by atoms with Crippen LogP contribution in [0.25, 0.3) is 0 Å². The Morgan fingerprint density at radius 2 is 1.92 bits per heavy atom. The van der Waals surface area contributed by atoms with Gasteiger partial charge < -0.3 is 0 Å². The Labute approximate surface area is 82.1 Å². The topological polar surface area (TPSA) is 0 Å². The molecule has 1 aliphatic rings. The van der Waals surface area contributed by atoms with Crippen molar-refractivity contribution in [2.75, 3.05) is 0 Å². The number of hydrogen-bond acceptors (Lipinski definition) is 0.